The highest BCUT2D eigenvalue weighted by Crippen LogP contribution is 2.30. The monoisotopic (exact) mass is 488 g/mol. The van der Waals surface area contributed by atoms with Crippen LogP contribution in [0.3, 0.4) is 0 Å². The molecule has 182 valence electrons. The van der Waals surface area contributed by atoms with Gasteiger partial charge in [-0.3, -0.25) is 14.8 Å². The molecule has 1 aromatic carbocycles. The third kappa shape index (κ3) is 6.96. The fourth-order valence-electron chi connectivity index (χ4n) is 3.90. The average molecular weight is 488 g/mol. The normalized spacial score (nSPS) is 16.4. The lowest BCUT2D eigenvalue weighted by molar-refractivity contribution is -0.712. The zero-order valence-electron chi connectivity index (χ0n) is 18.8. The molecule has 11 heteroatoms. The molecule has 0 bridgehead atoms. The van der Waals surface area contributed by atoms with Crippen LogP contribution in [0.5, 0.6) is 0 Å². The lowest BCUT2D eigenvalue weighted by atomic mass is 10.0. The minimum atomic E-state index is -4.86. The summed E-state index contributed by atoms with van der Waals surface area (Å²) in [4.78, 5) is 19.7. The van der Waals surface area contributed by atoms with Crippen molar-refractivity contribution in [2.24, 2.45) is 5.92 Å². The molecule has 1 aliphatic rings. The largest absolute Gasteiger partial charge is 0.756 e. The summed E-state index contributed by atoms with van der Waals surface area (Å²) in [6.45, 7) is 3.13. The van der Waals surface area contributed by atoms with Gasteiger partial charge in [0.25, 0.3) is 13.6 Å². The lowest BCUT2D eigenvalue weighted by Gasteiger charge is -2.22. The SMILES string of the molecule is Nc1c(-c2cc(Cc3ccc(CNCC4CCOCC4)cc3)no2)ccc[n+]1COP(=O)([O-])O. The molecule has 2 aromatic heterocycles. The predicted octanol–water partition coefficient (Wildman–Crippen LogP) is 1.75. The van der Waals surface area contributed by atoms with Gasteiger partial charge < -0.3 is 24.4 Å². The van der Waals surface area contributed by atoms with E-state index in [1.165, 1.54) is 16.3 Å². The molecule has 1 fully saturated rings. The van der Waals surface area contributed by atoms with Crippen molar-refractivity contribution in [3.8, 4) is 11.3 Å². The van der Waals surface area contributed by atoms with Crippen molar-refractivity contribution in [2.75, 3.05) is 25.5 Å². The van der Waals surface area contributed by atoms with Crippen LogP contribution in [0.2, 0.25) is 0 Å². The number of anilines is 1. The zero-order chi connectivity index (χ0) is 24.0. The number of phosphoric ester groups is 1. The quantitative estimate of drug-likeness (QED) is 0.287. The van der Waals surface area contributed by atoms with Crippen molar-refractivity contribution in [3.63, 3.8) is 0 Å². The number of benzene rings is 1. The van der Waals surface area contributed by atoms with Crippen LogP contribution in [0, 0.1) is 5.92 Å². The van der Waals surface area contributed by atoms with Crippen LogP contribution in [0.15, 0.2) is 53.2 Å². The van der Waals surface area contributed by atoms with E-state index < -0.39 is 14.6 Å². The molecule has 0 amide bonds. The molecular weight excluding hydrogens is 459 g/mol. The summed E-state index contributed by atoms with van der Waals surface area (Å²) in [5.74, 6) is 1.36. The van der Waals surface area contributed by atoms with Gasteiger partial charge in [0, 0.05) is 32.2 Å². The second-order valence-electron chi connectivity index (χ2n) is 8.37. The summed E-state index contributed by atoms with van der Waals surface area (Å²) < 4.78 is 27.5. The summed E-state index contributed by atoms with van der Waals surface area (Å²) in [5, 5.41) is 7.68. The fourth-order valence-corrected chi connectivity index (χ4v) is 4.17. The first kappa shape index (κ1) is 24.5. The number of aromatic nitrogens is 2. The fraction of sp³-hybridized carbons (Fsp3) is 0.391. The second-order valence-corrected chi connectivity index (χ2v) is 9.56. The average Bonchev–Trinajstić information content (AvgIpc) is 3.28. The highest BCUT2D eigenvalue weighted by atomic mass is 31.2. The number of hydrogen-bond donors (Lipinski definition) is 3. The van der Waals surface area contributed by atoms with Crippen molar-refractivity contribution >= 4 is 13.6 Å². The van der Waals surface area contributed by atoms with Gasteiger partial charge in [0.1, 0.15) is 5.56 Å². The van der Waals surface area contributed by atoms with E-state index in [4.69, 9.17) is 19.9 Å². The number of ether oxygens (including phenoxy) is 1. The lowest BCUT2D eigenvalue weighted by Crippen LogP contribution is -2.38. The van der Waals surface area contributed by atoms with Gasteiger partial charge in [0.15, 0.2) is 12.5 Å². The first-order chi connectivity index (χ1) is 16.4. The number of phosphoric acid groups is 1. The van der Waals surface area contributed by atoms with Crippen LogP contribution in [0.1, 0.15) is 29.7 Å². The van der Waals surface area contributed by atoms with Gasteiger partial charge in [-0.05, 0) is 48.6 Å². The molecule has 1 unspecified atom stereocenters. The molecule has 34 heavy (non-hydrogen) atoms. The summed E-state index contributed by atoms with van der Waals surface area (Å²) >= 11 is 0. The topological polar surface area (TPSA) is 147 Å². The van der Waals surface area contributed by atoms with Crippen LogP contribution in [0.4, 0.5) is 5.82 Å². The van der Waals surface area contributed by atoms with Gasteiger partial charge in [0.2, 0.25) is 0 Å². The number of nitrogens with two attached hydrogens (primary N) is 1. The van der Waals surface area contributed by atoms with Crippen molar-refractivity contribution in [1.29, 1.82) is 0 Å². The Hall–Kier alpha value is -2.59. The number of pyridine rings is 1. The molecule has 4 rings (SSSR count). The molecule has 1 atom stereocenters. The van der Waals surface area contributed by atoms with Crippen LogP contribution < -0.4 is 20.5 Å². The zero-order valence-corrected chi connectivity index (χ0v) is 19.7. The van der Waals surface area contributed by atoms with Crippen LogP contribution in [-0.4, -0.2) is 29.8 Å². The molecule has 0 spiro atoms. The van der Waals surface area contributed by atoms with Crippen molar-refractivity contribution in [2.45, 2.75) is 32.5 Å². The standard InChI is InChI=1S/C23H29N4O6P/c24-23-21(2-1-9-27(23)16-32-34(28,29)30)22-13-20(26-33-22)12-17-3-5-18(6-4-17)14-25-15-19-7-10-31-11-8-19/h1-6,9,13,19,24-25H,7-8,10-12,14-16H2,(H2,28,29,30). The van der Waals surface area contributed by atoms with Gasteiger partial charge in [-0.25, -0.2) is 4.57 Å². The van der Waals surface area contributed by atoms with E-state index in [2.05, 4.69) is 39.3 Å². The molecule has 10 nitrogen and oxygen atoms in total. The van der Waals surface area contributed by atoms with E-state index in [1.807, 2.05) is 0 Å². The first-order valence-electron chi connectivity index (χ1n) is 11.2. The second kappa shape index (κ2) is 11.2. The van der Waals surface area contributed by atoms with Gasteiger partial charge in [-0.1, -0.05) is 29.4 Å². The molecule has 1 aliphatic heterocycles. The maximum absolute atomic E-state index is 10.9. The number of nitrogens with one attached hydrogen (secondary N) is 1. The minimum absolute atomic E-state index is 0.219. The van der Waals surface area contributed by atoms with Crippen LogP contribution >= 0.6 is 7.82 Å². The number of nitrogen functional groups attached to an aromatic ring is 1. The highest BCUT2D eigenvalue weighted by Gasteiger charge is 2.18. The molecule has 3 heterocycles. The molecule has 0 radical (unpaired) electrons. The van der Waals surface area contributed by atoms with Crippen molar-refractivity contribution < 1.29 is 32.7 Å². The van der Waals surface area contributed by atoms with Gasteiger partial charge in [0.05, 0.1) is 11.9 Å². The van der Waals surface area contributed by atoms with Crippen molar-refractivity contribution in [1.82, 2.24) is 10.5 Å². The third-order valence-corrected chi connectivity index (χ3v) is 6.25. The summed E-state index contributed by atoms with van der Waals surface area (Å²) in [6.07, 6.45) is 4.38. The Morgan fingerprint density at radius 1 is 1.24 bits per heavy atom. The summed E-state index contributed by atoms with van der Waals surface area (Å²) in [6, 6.07) is 13.6. The van der Waals surface area contributed by atoms with Crippen LogP contribution in [0.25, 0.3) is 11.3 Å². The third-order valence-electron chi connectivity index (χ3n) is 5.81. The van der Waals surface area contributed by atoms with E-state index in [0.717, 1.165) is 50.4 Å². The van der Waals surface area contributed by atoms with Crippen LogP contribution in [-0.2, 0) is 33.5 Å². The Kier molecular flexibility index (Phi) is 8.10. The Morgan fingerprint density at radius 2 is 1.97 bits per heavy atom. The van der Waals surface area contributed by atoms with E-state index in [9.17, 15) is 9.46 Å². The van der Waals surface area contributed by atoms with E-state index in [1.54, 1.807) is 18.2 Å². The number of rotatable bonds is 10. The Bertz CT molecular complexity index is 1120. The number of nitrogens with zero attached hydrogens (tertiary/aromatic N) is 2. The van der Waals surface area contributed by atoms with E-state index >= 15 is 0 Å². The Balaban J connectivity index is 1.33. The summed E-state index contributed by atoms with van der Waals surface area (Å²) in [7, 11) is -4.86. The van der Waals surface area contributed by atoms with Gasteiger partial charge in [-0.2, -0.15) is 0 Å². The molecule has 4 N–H and O–H groups in total. The van der Waals surface area contributed by atoms with Gasteiger partial charge in [-0.15, -0.1) is 0 Å². The Labute approximate surface area is 197 Å². The molecule has 0 aliphatic carbocycles. The molecule has 1 saturated heterocycles. The smallest absolute Gasteiger partial charge is 0.285 e. The molecule has 3 aromatic rings. The van der Waals surface area contributed by atoms with Crippen molar-refractivity contribution in [3.05, 3.63) is 65.5 Å². The predicted molar refractivity (Wildman–Crippen MR) is 122 cm³/mol. The van der Waals surface area contributed by atoms with Gasteiger partial charge >= 0.3 is 0 Å². The highest BCUT2D eigenvalue weighted by molar-refractivity contribution is 7.44. The maximum Gasteiger partial charge on any atom is 0.285 e. The molecular formula is C23H29N4O6P. The van der Waals surface area contributed by atoms with E-state index in [-0.39, 0.29) is 5.82 Å². The first-order valence-corrected chi connectivity index (χ1v) is 12.7. The number of hydrogen-bond acceptors (Lipinski definition) is 8. The Morgan fingerprint density at radius 3 is 2.71 bits per heavy atom. The maximum atomic E-state index is 10.9. The summed E-state index contributed by atoms with van der Waals surface area (Å²) in [5.41, 5.74) is 9.73. The molecule has 0 saturated carbocycles. The minimum Gasteiger partial charge on any atom is -0.756 e. The van der Waals surface area contributed by atoms with E-state index in [0.29, 0.717) is 23.7 Å².